The van der Waals surface area contributed by atoms with Gasteiger partial charge in [-0.3, -0.25) is 9.69 Å². The molecule has 0 saturated carbocycles. The zero-order valence-electron chi connectivity index (χ0n) is 15.8. The highest BCUT2D eigenvalue weighted by Gasteiger charge is 2.39. The summed E-state index contributed by atoms with van der Waals surface area (Å²) in [6, 6.07) is 13.7. The van der Waals surface area contributed by atoms with Crippen molar-refractivity contribution in [3.63, 3.8) is 0 Å². The third kappa shape index (κ3) is 2.70. The molecule has 28 heavy (non-hydrogen) atoms. The van der Waals surface area contributed by atoms with Gasteiger partial charge in [0.05, 0.1) is 17.2 Å². The van der Waals surface area contributed by atoms with Crippen LogP contribution < -0.4 is 5.73 Å². The lowest BCUT2D eigenvalue weighted by molar-refractivity contribution is 0.0870. The molecule has 1 atom stereocenters. The first kappa shape index (κ1) is 18.0. The number of rotatable bonds is 2. The number of carbonyl (C=O) groups excluding carboxylic acids is 1. The lowest BCUT2D eigenvalue weighted by Crippen LogP contribution is -2.38. The number of hydrogen-bond acceptors (Lipinski definition) is 5. The van der Waals surface area contributed by atoms with E-state index in [2.05, 4.69) is 6.07 Å². The SMILES string of the molecule is CN1C(=O)c2cn(C)cc2C(C)(c2ccc(-c3cccc(C#N)c3)s2)N=C1N. The highest BCUT2D eigenvalue weighted by atomic mass is 32.1. The number of aromatic nitrogens is 1. The number of carbonyl (C=O) groups is 1. The second-order valence-electron chi connectivity index (χ2n) is 7.01. The Hall–Kier alpha value is -3.37. The Bertz CT molecular complexity index is 1170. The molecule has 2 aromatic heterocycles. The highest BCUT2D eigenvalue weighted by Crippen LogP contribution is 2.43. The van der Waals surface area contributed by atoms with Crippen molar-refractivity contribution in [1.82, 2.24) is 9.47 Å². The molecule has 0 saturated heterocycles. The quantitative estimate of drug-likeness (QED) is 0.729. The van der Waals surface area contributed by atoms with Gasteiger partial charge in [-0.2, -0.15) is 5.26 Å². The Morgan fingerprint density at radius 3 is 2.75 bits per heavy atom. The van der Waals surface area contributed by atoms with Gasteiger partial charge in [-0.25, -0.2) is 4.99 Å². The molecule has 2 N–H and O–H groups in total. The average Bonchev–Trinajstić information content (AvgIpc) is 3.33. The van der Waals surface area contributed by atoms with Gasteiger partial charge < -0.3 is 10.3 Å². The fraction of sp³-hybridized carbons (Fsp3) is 0.190. The molecule has 1 aliphatic rings. The van der Waals surface area contributed by atoms with Crippen LogP contribution in [-0.4, -0.2) is 28.4 Å². The molecule has 6 nitrogen and oxygen atoms in total. The van der Waals surface area contributed by atoms with E-state index in [0.717, 1.165) is 20.9 Å². The fourth-order valence-electron chi connectivity index (χ4n) is 3.48. The first-order chi connectivity index (χ1) is 13.3. The molecule has 0 spiro atoms. The number of thiophene rings is 1. The summed E-state index contributed by atoms with van der Waals surface area (Å²) in [4.78, 5) is 20.9. The Morgan fingerprint density at radius 1 is 1.21 bits per heavy atom. The van der Waals surface area contributed by atoms with Gasteiger partial charge in [0, 0.05) is 41.8 Å². The van der Waals surface area contributed by atoms with E-state index < -0.39 is 5.54 Å². The molecule has 0 bridgehead atoms. The monoisotopic (exact) mass is 389 g/mol. The van der Waals surface area contributed by atoms with Gasteiger partial charge in [0.1, 0.15) is 5.54 Å². The molecular weight excluding hydrogens is 370 g/mol. The summed E-state index contributed by atoms with van der Waals surface area (Å²) in [6.07, 6.45) is 3.74. The summed E-state index contributed by atoms with van der Waals surface area (Å²) in [5.74, 6) is 0.0202. The largest absolute Gasteiger partial charge is 0.369 e. The van der Waals surface area contributed by atoms with Crippen molar-refractivity contribution >= 4 is 23.2 Å². The first-order valence-corrected chi connectivity index (χ1v) is 9.56. The van der Waals surface area contributed by atoms with Crippen LogP contribution in [0.5, 0.6) is 0 Å². The molecule has 1 amide bonds. The van der Waals surface area contributed by atoms with Gasteiger partial charge in [-0.1, -0.05) is 12.1 Å². The summed E-state index contributed by atoms with van der Waals surface area (Å²) in [5, 5.41) is 9.16. The third-order valence-electron chi connectivity index (χ3n) is 5.06. The zero-order valence-corrected chi connectivity index (χ0v) is 16.6. The summed E-state index contributed by atoms with van der Waals surface area (Å²) < 4.78 is 1.87. The number of nitrogens with zero attached hydrogens (tertiary/aromatic N) is 4. The molecular formula is C21H19N5OS. The molecule has 7 heteroatoms. The van der Waals surface area contributed by atoms with Crippen molar-refractivity contribution in [2.45, 2.75) is 12.5 Å². The maximum absolute atomic E-state index is 12.8. The van der Waals surface area contributed by atoms with Crippen molar-refractivity contribution < 1.29 is 4.79 Å². The number of hydrogen-bond donors (Lipinski definition) is 1. The molecule has 3 heterocycles. The standard InChI is InChI=1S/C21H19N5OS/c1-21(16-12-25(2)11-15(16)19(27)26(3)20(23)24-21)18-8-7-17(28-18)14-6-4-5-13(9-14)10-22/h4-9,11-12H,1-3H3,(H2,23,24). The van der Waals surface area contributed by atoms with E-state index in [-0.39, 0.29) is 11.9 Å². The number of guanidine groups is 1. The van der Waals surface area contributed by atoms with Crippen molar-refractivity contribution in [2.24, 2.45) is 17.8 Å². The summed E-state index contributed by atoms with van der Waals surface area (Å²) in [7, 11) is 3.53. The van der Waals surface area contributed by atoms with E-state index in [0.29, 0.717) is 11.1 Å². The van der Waals surface area contributed by atoms with Crippen LogP contribution in [0.15, 0.2) is 53.8 Å². The van der Waals surface area contributed by atoms with Gasteiger partial charge in [-0.15, -0.1) is 11.3 Å². The van der Waals surface area contributed by atoms with Crippen LogP contribution in [0, 0.1) is 11.3 Å². The Balaban J connectivity index is 1.88. The molecule has 3 aromatic rings. The van der Waals surface area contributed by atoms with Crippen LogP contribution in [0.25, 0.3) is 10.4 Å². The van der Waals surface area contributed by atoms with Gasteiger partial charge in [0.25, 0.3) is 5.91 Å². The summed E-state index contributed by atoms with van der Waals surface area (Å²) >= 11 is 1.59. The number of amides is 1. The molecule has 140 valence electrons. The highest BCUT2D eigenvalue weighted by molar-refractivity contribution is 7.15. The van der Waals surface area contributed by atoms with Crippen LogP contribution in [0.3, 0.4) is 0 Å². The van der Waals surface area contributed by atoms with Crippen LogP contribution in [0.1, 0.15) is 33.3 Å². The maximum Gasteiger partial charge on any atom is 0.262 e. The molecule has 4 rings (SSSR count). The minimum atomic E-state index is -0.781. The lowest BCUT2D eigenvalue weighted by atomic mass is 9.90. The van der Waals surface area contributed by atoms with Gasteiger partial charge >= 0.3 is 0 Å². The predicted molar refractivity (Wildman–Crippen MR) is 110 cm³/mol. The maximum atomic E-state index is 12.8. The topological polar surface area (TPSA) is 87.4 Å². The van der Waals surface area contributed by atoms with Crippen LogP contribution in [0.4, 0.5) is 0 Å². The third-order valence-corrected chi connectivity index (χ3v) is 6.40. The van der Waals surface area contributed by atoms with E-state index >= 15 is 0 Å². The number of aryl methyl sites for hydroxylation is 1. The molecule has 0 aliphatic carbocycles. The van der Waals surface area contributed by atoms with Crippen molar-refractivity contribution in [3.05, 3.63) is 70.4 Å². The Morgan fingerprint density at radius 2 is 2.00 bits per heavy atom. The second-order valence-corrected chi connectivity index (χ2v) is 8.10. The van der Waals surface area contributed by atoms with Gasteiger partial charge in [0.2, 0.25) is 0 Å². The van der Waals surface area contributed by atoms with E-state index in [1.54, 1.807) is 24.5 Å². The van der Waals surface area contributed by atoms with E-state index in [1.807, 2.05) is 61.3 Å². The van der Waals surface area contributed by atoms with E-state index in [1.165, 1.54) is 4.90 Å². The first-order valence-electron chi connectivity index (χ1n) is 8.74. The van der Waals surface area contributed by atoms with Gasteiger partial charge in [0.15, 0.2) is 5.96 Å². The minimum absolute atomic E-state index is 0.168. The van der Waals surface area contributed by atoms with E-state index in [9.17, 15) is 4.79 Å². The van der Waals surface area contributed by atoms with Crippen molar-refractivity contribution in [1.29, 1.82) is 5.26 Å². The molecule has 0 fully saturated rings. The van der Waals surface area contributed by atoms with Crippen molar-refractivity contribution in [3.8, 4) is 16.5 Å². The molecule has 0 radical (unpaired) electrons. The smallest absolute Gasteiger partial charge is 0.262 e. The summed E-state index contributed by atoms with van der Waals surface area (Å²) in [6.45, 7) is 1.98. The van der Waals surface area contributed by atoms with Crippen LogP contribution in [0.2, 0.25) is 0 Å². The number of nitrogens with two attached hydrogens (primary N) is 1. The fourth-order valence-corrected chi connectivity index (χ4v) is 4.58. The summed E-state index contributed by atoms with van der Waals surface area (Å²) in [5.41, 5.74) is 8.37. The van der Waals surface area contributed by atoms with Crippen LogP contribution >= 0.6 is 11.3 Å². The number of aliphatic imine (C=N–C) groups is 1. The second kappa shape index (κ2) is 6.36. The normalized spacial score (nSPS) is 19.0. The zero-order chi connectivity index (χ0) is 20.1. The lowest BCUT2D eigenvalue weighted by Gasteiger charge is -2.23. The number of benzene rings is 1. The molecule has 1 aromatic carbocycles. The average molecular weight is 389 g/mol. The molecule has 1 aliphatic heterocycles. The minimum Gasteiger partial charge on any atom is -0.369 e. The van der Waals surface area contributed by atoms with E-state index in [4.69, 9.17) is 16.0 Å². The van der Waals surface area contributed by atoms with Crippen LogP contribution in [-0.2, 0) is 12.6 Å². The van der Waals surface area contributed by atoms with Gasteiger partial charge in [-0.05, 0) is 36.8 Å². The predicted octanol–water partition coefficient (Wildman–Crippen LogP) is 3.29. The molecule has 1 unspecified atom stereocenters. The van der Waals surface area contributed by atoms with Crippen molar-refractivity contribution in [2.75, 3.05) is 7.05 Å². The number of fused-ring (bicyclic) bond motifs is 1. The Labute approximate surface area is 167 Å². The Kier molecular flexibility index (Phi) is 4.09. The number of nitriles is 1.